The predicted octanol–water partition coefficient (Wildman–Crippen LogP) is 3.08. The molecule has 2 heterocycles. The first-order valence-corrected chi connectivity index (χ1v) is 7.76. The standard InChI is InChI=1S/C16H17F3N4O2/c17-16(18,19)11-6-7-23(13(8-11)12-9-14(20)22-21-12)25-15(24)10-4-2-1-3-5-10/h1-5,9,11,13H,6-8H2,(H3,20,21,22). The third kappa shape index (κ3) is 3.93. The number of carbonyl (C=O) groups is 1. The van der Waals surface area contributed by atoms with E-state index in [0.29, 0.717) is 11.3 Å². The Morgan fingerprint density at radius 1 is 1.32 bits per heavy atom. The number of aromatic nitrogens is 2. The van der Waals surface area contributed by atoms with Gasteiger partial charge in [-0.05, 0) is 25.0 Å². The molecule has 2 atom stereocenters. The van der Waals surface area contributed by atoms with E-state index in [1.807, 2.05) is 0 Å². The van der Waals surface area contributed by atoms with Gasteiger partial charge in [0.2, 0.25) is 0 Å². The Labute approximate surface area is 141 Å². The molecule has 1 aromatic carbocycles. The lowest BCUT2D eigenvalue weighted by atomic mass is 9.90. The van der Waals surface area contributed by atoms with Crippen molar-refractivity contribution in [3.05, 3.63) is 47.7 Å². The molecule has 0 amide bonds. The first-order chi connectivity index (χ1) is 11.8. The second-order valence-corrected chi connectivity index (χ2v) is 5.91. The summed E-state index contributed by atoms with van der Waals surface area (Å²) in [6.45, 7) is -0.0354. The Hall–Kier alpha value is -2.55. The minimum Gasteiger partial charge on any atom is -0.382 e. The van der Waals surface area contributed by atoms with Crippen LogP contribution in [0.1, 0.15) is 34.9 Å². The summed E-state index contributed by atoms with van der Waals surface area (Å²) in [5.74, 6) is -1.93. The number of aromatic amines is 1. The van der Waals surface area contributed by atoms with Crippen LogP contribution in [0.3, 0.4) is 0 Å². The molecule has 0 spiro atoms. The number of benzene rings is 1. The zero-order valence-electron chi connectivity index (χ0n) is 13.2. The van der Waals surface area contributed by atoms with Crippen LogP contribution in [-0.4, -0.2) is 34.0 Å². The lowest BCUT2D eigenvalue weighted by Crippen LogP contribution is -2.42. The van der Waals surface area contributed by atoms with Crippen LogP contribution in [0, 0.1) is 5.92 Å². The molecule has 1 aromatic heterocycles. The Kier molecular flexibility index (Phi) is 4.67. The number of carbonyl (C=O) groups excluding carboxylic acids is 1. The first kappa shape index (κ1) is 17.3. The number of nitrogens with one attached hydrogen (secondary N) is 1. The number of nitrogen functional groups attached to an aromatic ring is 1. The van der Waals surface area contributed by atoms with Crippen LogP contribution in [0.4, 0.5) is 19.0 Å². The number of anilines is 1. The van der Waals surface area contributed by atoms with Gasteiger partial charge in [0.25, 0.3) is 0 Å². The van der Waals surface area contributed by atoms with Crippen LogP contribution in [0.25, 0.3) is 0 Å². The van der Waals surface area contributed by atoms with Crippen molar-refractivity contribution < 1.29 is 22.8 Å². The highest BCUT2D eigenvalue weighted by Crippen LogP contribution is 2.42. The molecule has 1 fully saturated rings. The third-order valence-corrected chi connectivity index (χ3v) is 4.20. The van der Waals surface area contributed by atoms with Crippen LogP contribution in [0.2, 0.25) is 0 Å². The second-order valence-electron chi connectivity index (χ2n) is 5.91. The molecule has 1 aliphatic heterocycles. The van der Waals surface area contributed by atoms with Crippen LogP contribution >= 0.6 is 0 Å². The van der Waals surface area contributed by atoms with E-state index in [-0.39, 0.29) is 25.2 Å². The maximum absolute atomic E-state index is 13.1. The van der Waals surface area contributed by atoms with E-state index >= 15 is 0 Å². The summed E-state index contributed by atoms with van der Waals surface area (Å²) in [7, 11) is 0. The molecule has 1 saturated heterocycles. The van der Waals surface area contributed by atoms with Crippen LogP contribution < -0.4 is 5.73 Å². The van der Waals surface area contributed by atoms with E-state index in [1.54, 1.807) is 30.3 Å². The maximum atomic E-state index is 13.1. The lowest BCUT2D eigenvalue weighted by Gasteiger charge is -2.37. The van der Waals surface area contributed by atoms with Crippen LogP contribution in [0.15, 0.2) is 36.4 Å². The average Bonchev–Trinajstić information content (AvgIpc) is 3.01. The fourth-order valence-corrected chi connectivity index (χ4v) is 2.89. The van der Waals surface area contributed by atoms with Gasteiger partial charge < -0.3 is 10.6 Å². The Bertz CT molecular complexity index is 732. The van der Waals surface area contributed by atoms with Gasteiger partial charge in [0.15, 0.2) is 0 Å². The van der Waals surface area contributed by atoms with Crippen LogP contribution in [-0.2, 0) is 4.84 Å². The summed E-state index contributed by atoms with van der Waals surface area (Å²) < 4.78 is 39.3. The SMILES string of the molecule is Nc1cc(C2CC(C(F)(F)F)CCN2OC(=O)c2ccccc2)[nH]n1. The normalized spacial score (nSPS) is 21.9. The molecule has 0 saturated carbocycles. The largest absolute Gasteiger partial charge is 0.391 e. The topological polar surface area (TPSA) is 84.2 Å². The molecular weight excluding hydrogens is 337 g/mol. The van der Waals surface area contributed by atoms with Gasteiger partial charge in [-0.1, -0.05) is 18.2 Å². The zero-order chi connectivity index (χ0) is 18.0. The Morgan fingerprint density at radius 2 is 2.04 bits per heavy atom. The van der Waals surface area contributed by atoms with Gasteiger partial charge in [0.1, 0.15) is 5.82 Å². The zero-order valence-corrected chi connectivity index (χ0v) is 13.2. The fourth-order valence-electron chi connectivity index (χ4n) is 2.89. The maximum Gasteiger partial charge on any atom is 0.391 e. The first-order valence-electron chi connectivity index (χ1n) is 7.76. The highest BCUT2D eigenvalue weighted by atomic mass is 19.4. The summed E-state index contributed by atoms with van der Waals surface area (Å²) in [6, 6.07) is 8.92. The number of hydroxylamine groups is 2. The molecule has 134 valence electrons. The van der Waals surface area contributed by atoms with Crippen molar-refractivity contribution >= 4 is 11.8 Å². The summed E-state index contributed by atoms with van der Waals surface area (Å²) in [5.41, 5.74) is 6.26. The number of nitrogens with two attached hydrogens (primary N) is 1. The van der Waals surface area contributed by atoms with Crippen molar-refractivity contribution in [1.82, 2.24) is 15.3 Å². The van der Waals surface area contributed by atoms with Gasteiger partial charge in [-0.2, -0.15) is 18.3 Å². The number of hydrogen-bond acceptors (Lipinski definition) is 5. The summed E-state index contributed by atoms with van der Waals surface area (Å²) in [5, 5.41) is 7.64. The number of hydrogen-bond donors (Lipinski definition) is 2. The van der Waals surface area contributed by atoms with E-state index in [9.17, 15) is 18.0 Å². The quantitative estimate of drug-likeness (QED) is 0.885. The van der Waals surface area contributed by atoms with E-state index in [0.717, 1.165) is 0 Å². The molecule has 2 aromatic rings. The van der Waals surface area contributed by atoms with E-state index < -0.39 is 24.1 Å². The van der Waals surface area contributed by atoms with Gasteiger partial charge in [-0.15, -0.1) is 5.06 Å². The van der Waals surface area contributed by atoms with Crippen molar-refractivity contribution in [3.63, 3.8) is 0 Å². The van der Waals surface area contributed by atoms with Gasteiger partial charge in [0.05, 0.1) is 23.2 Å². The Balaban J connectivity index is 1.80. The third-order valence-electron chi connectivity index (χ3n) is 4.20. The minimum atomic E-state index is -4.31. The van der Waals surface area contributed by atoms with Crippen molar-refractivity contribution in [1.29, 1.82) is 0 Å². The van der Waals surface area contributed by atoms with Gasteiger partial charge in [-0.25, -0.2) is 4.79 Å². The number of H-pyrrole nitrogens is 1. The molecule has 2 unspecified atom stereocenters. The van der Waals surface area contributed by atoms with Crippen molar-refractivity contribution in [3.8, 4) is 0 Å². The summed E-state index contributed by atoms with van der Waals surface area (Å²) in [6.07, 6.45) is -4.70. The molecule has 0 aliphatic carbocycles. The molecule has 25 heavy (non-hydrogen) atoms. The van der Waals surface area contributed by atoms with Gasteiger partial charge in [0, 0.05) is 12.6 Å². The van der Waals surface area contributed by atoms with Crippen molar-refractivity contribution in [2.75, 3.05) is 12.3 Å². The highest BCUT2D eigenvalue weighted by molar-refractivity contribution is 5.89. The van der Waals surface area contributed by atoms with E-state index in [4.69, 9.17) is 10.6 Å². The van der Waals surface area contributed by atoms with Crippen molar-refractivity contribution in [2.45, 2.75) is 25.1 Å². The molecule has 9 heteroatoms. The number of rotatable bonds is 3. The van der Waals surface area contributed by atoms with Gasteiger partial charge in [-0.3, -0.25) is 5.10 Å². The van der Waals surface area contributed by atoms with E-state index in [1.165, 1.54) is 11.1 Å². The second kappa shape index (κ2) is 6.75. The summed E-state index contributed by atoms with van der Waals surface area (Å²) >= 11 is 0. The Morgan fingerprint density at radius 3 is 2.64 bits per heavy atom. The number of alkyl halides is 3. The molecule has 1 aliphatic rings. The molecule has 3 N–H and O–H groups in total. The number of piperidine rings is 1. The number of halogens is 3. The van der Waals surface area contributed by atoms with E-state index in [2.05, 4.69) is 10.2 Å². The predicted molar refractivity (Wildman–Crippen MR) is 83.1 cm³/mol. The van der Waals surface area contributed by atoms with Crippen molar-refractivity contribution in [2.24, 2.45) is 5.92 Å². The molecule has 3 rings (SSSR count). The average molecular weight is 354 g/mol. The molecule has 0 bridgehead atoms. The lowest BCUT2D eigenvalue weighted by molar-refractivity contribution is -0.222. The van der Waals surface area contributed by atoms with Crippen LogP contribution in [0.5, 0.6) is 0 Å². The minimum absolute atomic E-state index is 0.0354. The number of nitrogens with zero attached hydrogens (tertiary/aromatic N) is 2. The molecule has 0 radical (unpaired) electrons. The molecule has 6 nitrogen and oxygen atoms in total. The smallest absolute Gasteiger partial charge is 0.382 e. The monoisotopic (exact) mass is 354 g/mol. The fraction of sp³-hybridized carbons (Fsp3) is 0.375. The highest BCUT2D eigenvalue weighted by Gasteiger charge is 2.46. The molecular formula is C16H17F3N4O2. The summed E-state index contributed by atoms with van der Waals surface area (Å²) in [4.78, 5) is 17.6. The van der Waals surface area contributed by atoms with Gasteiger partial charge >= 0.3 is 12.1 Å².